The normalized spacial score (nSPS) is 10.6. The van der Waals surface area contributed by atoms with Crippen molar-refractivity contribution in [3.8, 4) is 11.8 Å². The standard InChI is InChI=1S/C19H17N3O4/c1-12-9-14(23)7-8-16(12)21-11-13(10-20)18(24)22-17-6-4-3-5-15(17)19(25)26-2/h3-9,11,21,23H,1-2H3,(H,22,24)/b13-11-. The first-order valence-electron chi connectivity index (χ1n) is 7.61. The van der Waals surface area contributed by atoms with Crippen LogP contribution in [0.5, 0.6) is 5.75 Å². The van der Waals surface area contributed by atoms with Gasteiger partial charge >= 0.3 is 5.97 Å². The van der Waals surface area contributed by atoms with Gasteiger partial charge in [-0.2, -0.15) is 5.26 Å². The van der Waals surface area contributed by atoms with Crippen molar-refractivity contribution < 1.29 is 19.4 Å². The molecule has 0 aliphatic carbocycles. The summed E-state index contributed by atoms with van der Waals surface area (Å²) in [6.07, 6.45) is 1.26. The Bertz CT molecular complexity index is 913. The number of hydrogen-bond acceptors (Lipinski definition) is 6. The number of nitriles is 1. The number of hydrogen-bond donors (Lipinski definition) is 3. The predicted molar refractivity (Wildman–Crippen MR) is 96.6 cm³/mol. The number of aromatic hydroxyl groups is 1. The first-order chi connectivity index (χ1) is 12.5. The zero-order valence-electron chi connectivity index (χ0n) is 14.2. The van der Waals surface area contributed by atoms with Gasteiger partial charge in [0, 0.05) is 11.9 Å². The highest BCUT2D eigenvalue weighted by Gasteiger charge is 2.15. The number of aryl methyl sites for hydroxylation is 1. The van der Waals surface area contributed by atoms with E-state index in [2.05, 4.69) is 15.4 Å². The molecule has 0 aliphatic rings. The van der Waals surface area contributed by atoms with E-state index in [9.17, 15) is 20.0 Å². The Morgan fingerprint density at radius 3 is 2.58 bits per heavy atom. The minimum Gasteiger partial charge on any atom is -0.508 e. The van der Waals surface area contributed by atoms with Crippen LogP contribution in [0.4, 0.5) is 11.4 Å². The van der Waals surface area contributed by atoms with Crippen LogP contribution in [0.25, 0.3) is 0 Å². The number of nitrogens with zero attached hydrogens (tertiary/aromatic N) is 1. The molecule has 0 saturated carbocycles. The average molecular weight is 351 g/mol. The van der Waals surface area contributed by atoms with E-state index in [4.69, 9.17) is 0 Å². The summed E-state index contributed by atoms with van der Waals surface area (Å²) in [6.45, 7) is 1.77. The van der Waals surface area contributed by atoms with Crippen molar-refractivity contribution in [2.45, 2.75) is 6.92 Å². The van der Waals surface area contributed by atoms with Crippen LogP contribution in [0, 0.1) is 18.3 Å². The van der Waals surface area contributed by atoms with E-state index < -0.39 is 11.9 Å². The fourth-order valence-electron chi connectivity index (χ4n) is 2.18. The molecule has 1 amide bonds. The number of anilines is 2. The maximum Gasteiger partial charge on any atom is 0.339 e. The highest BCUT2D eigenvalue weighted by molar-refractivity contribution is 6.09. The SMILES string of the molecule is COC(=O)c1ccccc1NC(=O)/C(C#N)=C\Nc1ccc(O)cc1C. The Kier molecular flexibility index (Phi) is 5.96. The highest BCUT2D eigenvalue weighted by Crippen LogP contribution is 2.21. The minimum absolute atomic E-state index is 0.120. The number of phenols is 1. The number of carbonyl (C=O) groups is 2. The minimum atomic E-state index is -0.673. The number of carbonyl (C=O) groups excluding carboxylic acids is 2. The van der Waals surface area contributed by atoms with Gasteiger partial charge in [0.05, 0.1) is 18.4 Å². The molecule has 0 radical (unpaired) electrons. The fraction of sp³-hybridized carbons (Fsp3) is 0.105. The summed E-state index contributed by atoms with van der Waals surface area (Å²) >= 11 is 0. The zero-order valence-corrected chi connectivity index (χ0v) is 14.2. The fourth-order valence-corrected chi connectivity index (χ4v) is 2.18. The maximum atomic E-state index is 12.3. The van der Waals surface area contributed by atoms with Gasteiger partial charge in [0.1, 0.15) is 17.4 Å². The van der Waals surface area contributed by atoms with Crippen molar-refractivity contribution in [2.75, 3.05) is 17.7 Å². The van der Waals surface area contributed by atoms with Crippen LogP contribution < -0.4 is 10.6 Å². The van der Waals surface area contributed by atoms with Gasteiger partial charge in [-0.3, -0.25) is 4.79 Å². The van der Waals surface area contributed by atoms with Crippen LogP contribution in [0.2, 0.25) is 0 Å². The van der Waals surface area contributed by atoms with E-state index in [0.29, 0.717) is 5.69 Å². The lowest BCUT2D eigenvalue weighted by atomic mass is 10.1. The second-order valence-electron chi connectivity index (χ2n) is 5.30. The molecule has 7 nitrogen and oxygen atoms in total. The molecular weight excluding hydrogens is 334 g/mol. The van der Waals surface area contributed by atoms with Gasteiger partial charge in [0.15, 0.2) is 0 Å². The molecule has 0 fully saturated rings. The molecule has 0 unspecified atom stereocenters. The highest BCUT2D eigenvalue weighted by atomic mass is 16.5. The Labute approximate surface area is 150 Å². The number of methoxy groups -OCH3 is 1. The summed E-state index contributed by atoms with van der Waals surface area (Å²) in [4.78, 5) is 24.1. The number of nitrogens with one attached hydrogen (secondary N) is 2. The van der Waals surface area contributed by atoms with Gasteiger partial charge < -0.3 is 20.5 Å². The van der Waals surface area contributed by atoms with Crippen LogP contribution in [0.3, 0.4) is 0 Å². The van der Waals surface area contributed by atoms with E-state index >= 15 is 0 Å². The molecule has 0 saturated heterocycles. The van der Waals surface area contributed by atoms with Crippen molar-refractivity contribution >= 4 is 23.3 Å². The lowest BCUT2D eigenvalue weighted by Gasteiger charge is -2.10. The molecule has 2 aromatic rings. The molecule has 2 aromatic carbocycles. The number of ether oxygens (including phenoxy) is 1. The molecule has 3 N–H and O–H groups in total. The molecule has 2 rings (SSSR count). The number of esters is 1. The average Bonchev–Trinajstić information content (AvgIpc) is 2.63. The summed E-state index contributed by atoms with van der Waals surface area (Å²) in [5.41, 5.74) is 1.62. The zero-order chi connectivity index (χ0) is 19.1. The van der Waals surface area contributed by atoms with E-state index in [1.807, 2.05) is 0 Å². The summed E-state index contributed by atoms with van der Waals surface area (Å²) in [5, 5.41) is 24.0. The van der Waals surface area contributed by atoms with Crippen molar-refractivity contribution in [3.05, 3.63) is 65.4 Å². The molecule has 0 aromatic heterocycles. The molecule has 7 heteroatoms. The summed E-state index contributed by atoms with van der Waals surface area (Å²) in [6, 6.07) is 12.8. The Hall–Kier alpha value is -3.79. The topological polar surface area (TPSA) is 111 Å². The molecule has 132 valence electrons. The Morgan fingerprint density at radius 1 is 1.19 bits per heavy atom. The summed E-state index contributed by atoms with van der Waals surface area (Å²) < 4.78 is 4.67. The summed E-state index contributed by atoms with van der Waals surface area (Å²) in [5.74, 6) is -1.15. The second kappa shape index (κ2) is 8.35. The third kappa shape index (κ3) is 4.39. The van der Waals surface area contributed by atoms with Gasteiger partial charge in [0.25, 0.3) is 5.91 Å². The molecule has 0 spiro atoms. The van der Waals surface area contributed by atoms with Crippen LogP contribution in [-0.4, -0.2) is 24.1 Å². The lowest BCUT2D eigenvalue weighted by Crippen LogP contribution is -2.17. The molecule has 0 heterocycles. The van der Waals surface area contributed by atoms with Crippen molar-refractivity contribution in [2.24, 2.45) is 0 Å². The smallest absolute Gasteiger partial charge is 0.339 e. The largest absolute Gasteiger partial charge is 0.508 e. The van der Waals surface area contributed by atoms with Crippen molar-refractivity contribution in [1.82, 2.24) is 0 Å². The number of benzene rings is 2. The number of amides is 1. The number of para-hydroxylation sites is 1. The van der Waals surface area contributed by atoms with E-state index in [1.54, 1.807) is 37.3 Å². The quantitative estimate of drug-likeness (QED) is 0.330. The van der Waals surface area contributed by atoms with Crippen LogP contribution in [0.15, 0.2) is 54.2 Å². The van der Waals surface area contributed by atoms with E-state index in [0.717, 1.165) is 5.56 Å². The second-order valence-corrected chi connectivity index (χ2v) is 5.30. The van der Waals surface area contributed by atoms with Crippen LogP contribution in [-0.2, 0) is 9.53 Å². The molecule has 0 bridgehead atoms. The van der Waals surface area contributed by atoms with Crippen molar-refractivity contribution in [1.29, 1.82) is 5.26 Å². The first kappa shape index (κ1) is 18.5. The van der Waals surface area contributed by atoms with Gasteiger partial charge in [-0.15, -0.1) is 0 Å². The van der Waals surface area contributed by atoms with Gasteiger partial charge in [-0.05, 0) is 42.8 Å². The first-order valence-corrected chi connectivity index (χ1v) is 7.61. The molecule has 0 atom stereocenters. The monoisotopic (exact) mass is 351 g/mol. The Morgan fingerprint density at radius 2 is 1.92 bits per heavy atom. The van der Waals surface area contributed by atoms with Gasteiger partial charge in [0.2, 0.25) is 0 Å². The predicted octanol–water partition coefficient (Wildman–Crippen LogP) is 2.95. The molecule has 0 aliphatic heterocycles. The summed E-state index contributed by atoms with van der Waals surface area (Å²) in [7, 11) is 1.24. The third-order valence-corrected chi connectivity index (χ3v) is 3.53. The molecular formula is C19H17N3O4. The Balaban J connectivity index is 2.19. The number of rotatable bonds is 5. The van der Waals surface area contributed by atoms with Crippen LogP contribution >= 0.6 is 0 Å². The maximum absolute atomic E-state index is 12.3. The van der Waals surface area contributed by atoms with E-state index in [1.165, 1.54) is 31.5 Å². The van der Waals surface area contributed by atoms with Gasteiger partial charge in [-0.25, -0.2) is 4.79 Å². The number of phenolic OH excluding ortho intramolecular Hbond substituents is 1. The lowest BCUT2D eigenvalue weighted by molar-refractivity contribution is -0.112. The van der Waals surface area contributed by atoms with Crippen molar-refractivity contribution in [3.63, 3.8) is 0 Å². The van der Waals surface area contributed by atoms with E-state index in [-0.39, 0.29) is 22.6 Å². The molecule has 26 heavy (non-hydrogen) atoms. The third-order valence-electron chi connectivity index (χ3n) is 3.53. The van der Waals surface area contributed by atoms with Gasteiger partial charge in [-0.1, -0.05) is 12.1 Å². The van der Waals surface area contributed by atoms with Crippen LogP contribution in [0.1, 0.15) is 15.9 Å².